The molecule has 1 aromatic heterocycles. The highest BCUT2D eigenvalue weighted by Crippen LogP contribution is 2.33. The molecule has 6 nitrogen and oxygen atoms in total. The van der Waals surface area contributed by atoms with E-state index in [1.807, 2.05) is 0 Å². The van der Waals surface area contributed by atoms with Crippen LogP contribution < -0.4 is 10.1 Å². The highest BCUT2D eigenvalue weighted by atomic mass is 35.5. The van der Waals surface area contributed by atoms with E-state index in [2.05, 4.69) is 10.3 Å². The van der Waals surface area contributed by atoms with Gasteiger partial charge in [-0.25, -0.2) is 9.78 Å². The molecule has 1 amide bonds. The van der Waals surface area contributed by atoms with Crippen LogP contribution in [0, 0.1) is 0 Å². The average Bonchev–Trinajstić information content (AvgIpc) is 2.69. The molecular formula is C21H17Cl2FN2O4. The van der Waals surface area contributed by atoms with Crippen molar-refractivity contribution >= 4 is 35.1 Å². The second-order valence-electron chi connectivity index (χ2n) is 6.67. The van der Waals surface area contributed by atoms with Crippen LogP contribution in [0.2, 0.25) is 5.02 Å². The molecule has 0 fully saturated rings. The Morgan fingerprint density at radius 1 is 1.30 bits per heavy atom. The van der Waals surface area contributed by atoms with Crippen molar-refractivity contribution in [3.05, 3.63) is 81.5 Å². The summed E-state index contributed by atoms with van der Waals surface area (Å²) < 4.78 is 20.4. The van der Waals surface area contributed by atoms with Gasteiger partial charge in [0.2, 0.25) is 5.88 Å². The topological polar surface area (TPSA) is 88.5 Å². The maximum Gasteiger partial charge on any atom is 0.335 e. The van der Waals surface area contributed by atoms with Crippen molar-refractivity contribution in [1.29, 1.82) is 0 Å². The van der Waals surface area contributed by atoms with E-state index in [1.54, 1.807) is 25.1 Å². The number of nitrogens with zero attached hydrogens (tertiary/aromatic N) is 1. The number of rotatable bonds is 6. The number of alkyl halides is 1. The molecule has 0 aliphatic heterocycles. The molecule has 156 valence electrons. The van der Waals surface area contributed by atoms with Gasteiger partial charge < -0.3 is 15.2 Å². The number of nitrogens with one attached hydrogen (secondary N) is 1. The summed E-state index contributed by atoms with van der Waals surface area (Å²) in [6.07, 6.45) is 5.18. The highest BCUT2D eigenvalue weighted by molar-refractivity contribution is 6.31. The van der Waals surface area contributed by atoms with Crippen molar-refractivity contribution in [3.63, 3.8) is 0 Å². The molecule has 2 atom stereocenters. The lowest BCUT2D eigenvalue weighted by Crippen LogP contribution is -2.32. The number of aromatic nitrogens is 1. The van der Waals surface area contributed by atoms with E-state index in [0.29, 0.717) is 5.56 Å². The van der Waals surface area contributed by atoms with Crippen LogP contribution in [0.5, 0.6) is 5.88 Å². The minimum atomic E-state index is -2.25. The quantitative estimate of drug-likeness (QED) is 0.642. The first-order valence-electron chi connectivity index (χ1n) is 8.88. The second-order valence-corrected chi connectivity index (χ2v) is 7.59. The zero-order valence-corrected chi connectivity index (χ0v) is 17.2. The van der Waals surface area contributed by atoms with Crippen LogP contribution in [0.25, 0.3) is 0 Å². The minimum absolute atomic E-state index is 0.0485. The number of allylic oxidation sites excluding steroid dienone is 2. The van der Waals surface area contributed by atoms with Crippen LogP contribution in [0.3, 0.4) is 0 Å². The Labute approximate surface area is 182 Å². The summed E-state index contributed by atoms with van der Waals surface area (Å²) in [6, 6.07) is 6.93. The van der Waals surface area contributed by atoms with Gasteiger partial charge in [-0.2, -0.15) is 4.39 Å². The molecule has 1 heterocycles. The third-order valence-corrected chi connectivity index (χ3v) is 4.83. The monoisotopic (exact) mass is 450 g/mol. The van der Waals surface area contributed by atoms with Crippen LogP contribution in [-0.4, -0.2) is 27.8 Å². The maximum absolute atomic E-state index is 15.0. The van der Waals surface area contributed by atoms with E-state index < -0.39 is 23.8 Å². The largest absolute Gasteiger partial charge is 0.478 e. The number of carbonyl (C=O) groups is 2. The highest BCUT2D eigenvalue weighted by Gasteiger charge is 2.34. The molecule has 2 aromatic rings. The van der Waals surface area contributed by atoms with Gasteiger partial charge in [0.15, 0.2) is 0 Å². The van der Waals surface area contributed by atoms with Crippen LogP contribution in [0.1, 0.15) is 45.7 Å². The lowest BCUT2D eigenvalue weighted by molar-refractivity contribution is -0.0181. The minimum Gasteiger partial charge on any atom is -0.478 e. The Morgan fingerprint density at radius 2 is 2.00 bits per heavy atom. The number of carbonyl (C=O) groups excluding carboxylic acids is 1. The zero-order valence-electron chi connectivity index (χ0n) is 15.7. The first-order chi connectivity index (χ1) is 14.2. The van der Waals surface area contributed by atoms with E-state index in [4.69, 9.17) is 33.0 Å². The Bertz CT molecular complexity index is 1040. The predicted molar refractivity (Wildman–Crippen MR) is 111 cm³/mol. The summed E-state index contributed by atoms with van der Waals surface area (Å²) in [4.78, 5) is 27.8. The van der Waals surface area contributed by atoms with Crippen molar-refractivity contribution in [2.45, 2.75) is 25.2 Å². The van der Waals surface area contributed by atoms with Gasteiger partial charge >= 0.3 is 5.97 Å². The molecule has 1 aliphatic carbocycles. The van der Waals surface area contributed by atoms with Gasteiger partial charge in [0, 0.05) is 11.2 Å². The predicted octanol–water partition coefficient (Wildman–Crippen LogP) is 5.05. The number of carboxylic acids is 1. The molecule has 9 heteroatoms. The van der Waals surface area contributed by atoms with Gasteiger partial charge in [-0.15, -0.1) is 0 Å². The van der Waals surface area contributed by atoms with Crippen LogP contribution in [0.4, 0.5) is 4.39 Å². The average molecular weight is 451 g/mol. The summed E-state index contributed by atoms with van der Waals surface area (Å²) in [7, 11) is 0. The number of ether oxygens (including phenoxy) is 1. The van der Waals surface area contributed by atoms with Gasteiger partial charge in [0.1, 0.15) is 5.56 Å². The summed E-state index contributed by atoms with van der Waals surface area (Å²) >= 11 is 11.9. The van der Waals surface area contributed by atoms with Crippen molar-refractivity contribution in [2.75, 3.05) is 0 Å². The second kappa shape index (κ2) is 8.85. The standard InChI is InChI=1S/C21H17Cl2FN2O4/c1-12(13-4-6-14(7-5-13)20(28)29)26-18(27)17-9-16(23)11-25-19(17)30-21(24)8-2-3-15(22)10-21/h2-9,11-12H,10H2,1H3,(H,26,27)(H,28,29)/t12-,21?/m0/s1. The molecule has 1 aromatic carbocycles. The number of amides is 1. The molecule has 3 rings (SSSR count). The molecule has 0 radical (unpaired) electrons. The molecule has 30 heavy (non-hydrogen) atoms. The first kappa shape index (κ1) is 21.8. The Balaban J connectivity index is 1.80. The molecule has 0 saturated carbocycles. The smallest absolute Gasteiger partial charge is 0.335 e. The first-order valence-corrected chi connectivity index (χ1v) is 9.64. The number of benzene rings is 1. The van der Waals surface area contributed by atoms with Gasteiger partial charge in [0.25, 0.3) is 11.8 Å². The summed E-state index contributed by atoms with van der Waals surface area (Å²) in [6.45, 7) is 1.72. The van der Waals surface area contributed by atoms with Gasteiger partial charge in [-0.05, 0) is 42.8 Å². The fourth-order valence-corrected chi connectivity index (χ4v) is 3.23. The maximum atomic E-state index is 15.0. The summed E-state index contributed by atoms with van der Waals surface area (Å²) in [5, 5.41) is 12.2. The normalized spacial score (nSPS) is 19.0. The lowest BCUT2D eigenvalue weighted by Gasteiger charge is -2.25. The van der Waals surface area contributed by atoms with Crippen LogP contribution >= 0.6 is 23.2 Å². The number of pyridine rings is 1. The van der Waals surface area contributed by atoms with E-state index in [9.17, 15) is 14.0 Å². The molecule has 0 saturated heterocycles. The Morgan fingerprint density at radius 3 is 2.63 bits per heavy atom. The van der Waals surface area contributed by atoms with Gasteiger partial charge in [-0.1, -0.05) is 41.4 Å². The number of halogens is 3. The fraction of sp³-hybridized carbons (Fsp3) is 0.190. The number of carboxylic acid groups (broad SMARTS) is 1. The van der Waals surface area contributed by atoms with Crippen LogP contribution in [0.15, 0.2) is 59.8 Å². The van der Waals surface area contributed by atoms with E-state index >= 15 is 0 Å². The van der Waals surface area contributed by atoms with Gasteiger partial charge in [-0.3, -0.25) is 4.79 Å². The molecule has 0 bridgehead atoms. The molecule has 0 spiro atoms. The van der Waals surface area contributed by atoms with Crippen molar-refractivity contribution in [1.82, 2.24) is 10.3 Å². The van der Waals surface area contributed by atoms with Crippen molar-refractivity contribution < 1.29 is 23.8 Å². The third kappa shape index (κ3) is 5.17. The Kier molecular flexibility index (Phi) is 6.43. The molecule has 2 N–H and O–H groups in total. The SMILES string of the molecule is C[C@H](NC(=O)c1cc(Cl)cnc1OC1(F)C=CC=C(Cl)C1)c1ccc(C(=O)O)cc1. The van der Waals surface area contributed by atoms with Crippen molar-refractivity contribution in [3.8, 4) is 5.88 Å². The molecular weight excluding hydrogens is 434 g/mol. The zero-order chi connectivity index (χ0) is 21.9. The summed E-state index contributed by atoms with van der Waals surface area (Å²) in [5.74, 6) is -4.11. The van der Waals surface area contributed by atoms with Gasteiger partial charge in [0.05, 0.1) is 23.0 Å². The van der Waals surface area contributed by atoms with Crippen LogP contribution in [-0.2, 0) is 0 Å². The van der Waals surface area contributed by atoms with E-state index in [1.165, 1.54) is 36.5 Å². The third-order valence-electron chi connectivity index (χ3n) is 4.37. The van der Waals surface area contributed by atoms with E-state index in [-0.39, 0.29) is 33.5 Å². The fourth-order valence-electron chi connectivity index (χ4n) is 2.82. The van der Waals surface area contributed by atoms with E-state index in [0.717, 1.165) is 0 Å². The molecule has 1 unspecified atom stereocenters. The number of hydrogen-bond donors (Lipinski definition) is 2. The lowest BCUT2D eigenvalue weighted by atomic mass is 10.1. The van der Waals surface area contributed by atoms with Crippen molar-refractivity contribution in [2.24, 2.45) is 0 Å². The number of hydrogen-bond acceptors (Lipinski definition) is 4. The molecule has 1 aliphatic rings. The number of aromatic carboxylic acids is 1. The summed E-state index contributed by atoms with van der Waals surface area (Å²) in [5.41, 5.74) is 0.765. The Hall–Kier alpha value is -2.90.